The molecule has 0 radical (unpaired) electrons. The van der Waals surface area contributed by atoms with E-state index in [1.807, 2.05) is 6.92 Å². The van der Waals surface area contributed by atoms with Crippen LogP contribution in [0.4, 0.5) is 14.5 Å². The smallest absolute Gasteiger partial charge is 0.268 e. The van der Waals surface area contributed by atoms with Gasteiger partial charge in [0.1, 0.15) is 18.2 Å². The van der Waals surface area contributed by atoms with Gasteiger partial charge in [0, 0.05) is 17.6 Å². The van der Waals surface area contributed by atoms with Crippen molar-refractivity contribution in [2.75, 3.05) is 6.61 Å². The van der Waals surface area contributed by atoms with Crippen LogP contribution in [0.3, 0.4) is 0 Å². The van der Waals surface area contributed by atoms with Crippen molar-refractivity contribution in [3.63, 3.8) is 0 Å². The number of aliphatic hydroxyl groups is 1. The molecule has 0 aliphatic heterocycles. The zero-order chi connectivity index (χ0) is 24.5. The van der Waals surface area contributed by atoms with Crippen LogP contribution >= 0.6 is 0 Å². The number of ether oxygens (including phenoxy) is 1. The molecule has 1 aromatic heterocycles. The normalized spacial score (nSPS) is 11.0. The monoisotopic (exact) mass is 478 g/mol. The minimum Gasteiger partial charge on any atom is -0.454 e. The van der Waals surface area contributed by atoms with Gasteiger partial charge in [0.25, 0.3) is 10.0 Å². The maximum absolute atomic E-state index is 15.3. The van der Waals surface area contributed by atoms with Crippen molar-refractivity contribution < 1.29 is 27.0 Å². The molecule has 0 spiro atoms. The summed E-state index contributed by atoms with van der Waals surface area (Å²) in [5, 5.41) is 9.43. The number of benzene rings is 3. The van der Waals surface area contributed by atoms with Gasteiger partial charge in [-0.1, -0.05) is 29.5 Å². The lowest BCUT2D eigenvalue weighted by Crippen LogP contribution is -2.12. The molecule has 0 aliphatic rings. The van der Waals surface area contributed by atoms with E-state index >= 15 is 4.39 Å². The van der Waals surface area contributed by atoms with Gasteiger partial charge in [-0.05, 0) is 43.3 Å². The quantitative estimate of drug-likeness (QED) is 0.325. The molecule has 4 rings (SSSR count). The van der Waals surface area contributed by atoms with E-state index in [9.17, 15) is 12.8 Å². The van der Waals surface area contributed by atoms with Crippen molar-refractivity contribution in [3.8, 4) is 23.3 Å². The fourth-order valence-corrected chi connectivity index (χ4v) is 4.69. The minimum atomic E-state index is -4.04. The summed E-state index contributed by atoms with van der Waals surface area (Å²) in [6, 6.07) is 12.0. The van der Waals surface area contributed by atoms with E-state index in [-0.39, 0.29) is 38.5 Å². The van der Waals surface area contributed by atoms with Crippen molar-refractivity contribution >= 4 is 26.6 Å². The Hall–Kier alpha value is -4.18. The molecule has 0 amide bonds. The highest BCUT2D eigenvalue weighted by Crippen LogP contribution is 2.37. The topological polar surface area (TPSA) is 72.9 Å². The number of aliphatic hydroxyl groups excluding tert-OH is 1. The molecule has 6 nitrogen and oxygen atoms in total. The van der Waals surface area contributed by atoms with Crippen molar-refractivity contribution in [3.05, 3.63) is 95.0 Å². The Kier molecular flexibility index (Phi) is 6.08. The van der Waals surface area contributed by atoms with Gasteiger partial charge in [-0.2, -0.15) is 0 Å². The van der Waals surface area contributed by atoms with Crippen LogP contribution in [0.2, 0.25) is 0 Å². The molecule has 1 N–H and O–H groups in total. The van der Waals surface area contributed by atoms with Crippen LogP contribution in [-0.4, -0.2) is 24.1 Å². The summed E-state index contributed by atoms with van der Waals surface area (Å²) >= 11 is 0. The second-order valence-electron chi connectivity index (χ2n) is 7.21. The van der Waals surface area contributed by atoms with E-state index in [4.69, 9.17) is 16.4 Å². The molecule has 0 bridgehead atoms. The predicted octanol–water partition coefficient (Wildman–Crippen LogP) is 5.15. The number of nitrogens with zero attached hydrogens (tertiary/aromatic N) is 2. The van der Waals surface area contributed by atoms with Crippen LogP contribution in [-0.2, 0) is 10.0 Å². The van der Waals surface area contributed by atoms with Gasteiger partial charge in [0.05, 0.1) is 22.5 Å². The van der Waals surface area contributed by atoms with Crippen LogP contribution < -0.4 is 4.74 Å². The van der Waals surface area contributed by atoms with Gasteiger partial charge in [-0.15, -0.1) is 0 Å². The number of hydrogen-bond donors (Lipinski definition) is 1. The maximum Gasteiger partial charge on any atom is 0.268 e. The molecule has 9 heteroatoms. The minimum absolute atomic E-state index is 0.00408. The number of fused-ring (bicyclic) bond motifs is 1. The predicted molar refractivity (Wildman–Crippen MR) is 122 cm³/mol. The first-order valence-corrected chi connectivity index (χ1v) is 11.3. The zero-order valence-corrected chi connectivity index (χ0v) is 18.5. The third-order valence-corrected chi connectivity index (χ3v) is 6.70. The summed E-state index contributed by atoms with van der Waals surface area (Å²) in [5.74, 6) is 2.99. The summed E-state index contributed by atoms with van der Waals surface area (Å²) in [4.78, 5) is 3.08. The Morgan fingerprint density at radius 3 is 2.50 bits per heavy atom. The average Bonchev–Trinajstić information content (AvgIpc) is 3.24. The number of rotatable bonds is 4. The summed E-state index contributed by atoms with van der Waals surface area (Å²) in [5.41, 5.74) is 0.592. The number of halogens is 2. The van der Waals surface area contributed by atoms with E-state index in [0.29, 0.717) is 0 Å². The lowest BCUT2D eigenvalue weighted by atomic mass is 10.1. The fourth-order valence-electron chi connectivity index (χ4n) is 3.35. The average molecular weight is 478 g/mol. The molecular weight excluding hydrogens is 462 g/mol. The third kappa shape index (κ3) is 4.11. The Labute approximate surface area is 194 Å². The van der Waals surface area contributed by atoms with Gasteiger partial charge in [-0.25, -0.2) is 26.0 Å². The second kappa shape index (κ2) is 8.99. The maximum atomic E-state index is 15.3. The fraction of sp³-hybridized carbons (Fsp3) is 0.0800. The van der Waals surface area contributed by atoms with Gasteiger partial charge in [-0.3, -0.25) is 0 Å². The highest BCUT2D eigenvalue weighted by molar-refractivity contribution is 7.90. The van der Waals surface area contributed by atoms with Crippen LogP contribution in [0, 0.1) is 37.0 Å². The Bertz CT molecular complexity index is 1620. The number of aryl methyl sites for hydroxylation is 1. The highest BCUT2D eigenvalue weighted by Gasteiger charge is 2.23. The van der Waals surface area contributed by atoms with Crippen molar-refractivity contribution in [2.45, 2.75) is 11.8 Å². The molecule has 170 valence electrons. The zero-order valence-electron chi connectivity index (χ0n) is 17.7. The number of aromatic nitrogens is 1. The second-order valence-corrected chi connectivity index (χ2v) is 9.03. The van der Waals surface area contributed by atoms with Gasteiger partial charge in [0.15, 0.2) is 11.6 Å². The van der Waals surface area contributed by atoms with Crippen molar-refractivity contribution in [1.82, 2.24) is 3.97 Å². The lowest BCUT2D eigenvalue weighted by Gasteiger charge is -2.13. The lowest BCUT2D eigenvalue weighted by molar-refractivity contribution is 0.350. The highest BCUT2D eigenvalue weighted by atomic mass is 32.2. The van der Waals surface area contributed by atoms with Crippen LogP contribution in [0.15, 0.2) is 65.7 Å². The SMILES string of the molecule is [C-]#[N+]c1cc(Oc2c(F)cc3c(ccn3S(=O)(=O)c3ccc(C)cc3)c2C#CCO)ccc1F. The molecule has 0 atom stereocenters. The largest absolute Gasteiger partial charge is 0.454 e. The van der Waals surface area contributed by atoms with Gasteiger partial charge < -0.3 is 9.84 Å². The first-order chi connectivity index (χ1) is 16.3. The van der Waals surface area contributed by atoms with E-state index in [1.54, 1.807) is 12.1 Å². The standard InChI is InChI=1S/C25H16F2N2O4S/c1-16-5-8-18(9-6-16)34(31,32)29-12-11-19-20(4-3-13-30)25(22(27)15-24(19)29)33-17-7-10-21(26)23(14-17)28-2/h5-12,14-15,30H,13H2,1H3. The molecule has 3 aromatic carbocycles. The summed E-state index contributed by atoms with van der Waals surface area (Å²) in [6.07, 6.45) is 1.28. The molecule has 34 heavy (non-hydrogen) atoms. The van der Waals surface area contributed by atoms with E-state index in [1.165, 1.54) is 30.5 Å². The van der Waals surface area contributed by atoms with Gasteiger partial charge in [0.2, 0.25) is 5.69 Å². The van der Waals surface area contributed by atoms with Crippen LogP contribution in [0.5, 0.6) is 11.5 Å². The van der Waals surface area contributed by atoms with E-state index in [0.717, 1.165) is 27.7 Å². The first-order valence-electron chi connectivity index (χ1n) is 9.86. The Balaban J connectivity index is 1.91. The Morgan fingerprint density at radius 2 is 1.82 bits per heavy atom. The molecule has 1 heterocycles. The van der Waals surface area contributed by atoms with E-state index < -0.39 is 28.3 Å². The van der Waals surface area contributed by atoms with Crippen LogP contribution in [0.1, 0.15) is 11.1 Å². The first kappa shape index (κ1) is 23.0. The van der Waals surface area contributed by atoms with Crippen molar-refractivity contribution in [1.29, 1.82) is 0 Å². The number of hydrogen-bond acceptors (Lipinski definition) is 4. The van der Waals surface area contributed by atoms with Gasteiger partial charge >= 0.3 is 0 Å². The molecule has 4 aromatic rings. The summed E-state index contributed by atoms with van der Waals surface area (Å²) in [7, 11) is -4.04. The van der Waals surface area contributed by atoms with Crippen LogP contribution in [0.25, 0.3) is 15.7 Å². The molecule has 0 saturated carbocycles. The molecule has 0 aliphatic carbocycles. The summed E-state index contributed by atoms with van der Waals surface area (Å²) < 4.78 is 61.9. The van der Waals surface area contributed by atoms with E-state index in [2.05, 4.69) is 16.7 Å². The molecule has 0 unspecified atom stereocenters. The summed E-state index contributed by atoms with van der Waals surface area (Å²) in [6.45, 7) is 8.33. The molecule has 0 saturated heterocycles. The molecule has 0 fully saturated rings. The Morgan fingerprint density at radius 1 is 1.09 bits per heavy atom. The van der Waals surface area contributed by atoms with Crippen molar-refractivity contribution in [2.24, 2.45) is 0 Å². The molecular formula is C25H16F2N2O4S. The third-order valence-electron chi connectivity index (χ3n) is 4.99.